The number of hydrazone groups is 1. The lowest BCUT2D eigenvalue weighted by molar-refractivity contribution is -0.144. The molecule has 1 saturated carbocycles. The summed E-state index contributed by atoms with van der Waals surface area (Å²) < 4.78 is 16.2. The monoisotopic (exact) mass is 467 g/mol. The minimum absolute atomic E-state index is 0.194. The van der Waals surface area contributed by atoms with Crippen LogP contribution in [0, 0.1) is 0 Å². The van der Waals surface area contributed by atoms with Gasteiger partial charge in [0.2, 0.25) is 0 Å². The molecule has 2 aromatic rings. The molecule has 0 aromatic heterocycles. The lowest BCUT2D eigenvalue weighted by Crippen LogP contribution is -2.22. The zero-order chi connectivity index (χ0) is 24.5. The van der Waals surface area contributed by atoms with Gasteiger partial charge < -0.3 is 19.5 Å². The molecule has 3 rings (SSSR count). The van der Waals surface area contributed by atoms with E-state index in [1.807, 2.05) is 18.2 Å². The second kappa shape index (κ2) is 11.8. The standard InChI is InChI=1S/C25H29N3O6/c1-17(29)33-16-24(30)27-20-11-9-19(10-12-20)25(31)28(2)26-15-18-8-13-22(32-3)23(14-18)34-21-6-4-5-7-21/h8-15,21H,4-7,16H2,1-3H3,(H,27,30)/b26-15+. The minimum Gasteiger partial charge on any atom is -0.493 e. The maximum Gasteiger partial charge on any atom is 0.303 e. The van der Waals surface area contributed by atoms with Crippen LogP contribution >= 0.6 is 0 Å². The predicted molar refractivity (Wildman–Crippen MR) is 127 cm³/mol. The molecule has 2 aromatic carbocycles. The molecule has 0 saturated heterocycles. The lowest BCUT2D eigenvalue weighted by Gasteiger charge is -2.16. The molecule has 0 aliphatic heterocycles. The van der Waals surface area contributed by atoms with Crippen molar-refractivity contribution in [1.29, 1.82) is 0 Å². The Bertz CT molecular complexity index is 1050. The van der Waals surface area contributed by atoms with Crippen molar-refractivity contribution >= 4 is 29.7 Å². The summed E-state index contributed by atoms with van der Waals surface area (Å²) in [5, 5.41) is 8.07. The lowest BCUT2D eigenvalue weighted by atomic mass is 10.2. The van der Waals surface area contributed by atoms with Crippen molar-refractivity contribution < 1.29 is 28.6 Å². The van der Waals surface area contributed by atoms with E-state index in [1.165, 1.54) is 24.8 Å². The number of rotatable bonds is 9. The van der Waals surface area contributed by atoms with Crippen LogP contribution in [0.5, 0.6) is 11.5 Å². The van der Waals surface area contributed by atoms with Crippen molar-refractivity contribution in [2.24, 2.45) is 5.10 Å². The summed E-state index contributed by atoms with van der Waals surface area (Å²) in [5.41, 5.74) is 1.66. The van der Waals surface area contributed by atoms with E-state index in [4.69, 9.17) is 9.47 Å². The van der Waals surface area contributed by atoms with Gasteiger partial charge in [-0.1, -0.05) is 0 Å². The van der Waals surface area contributed by atoms with Gasteiger partial charge in [-0.3, -0.25) is 14.4 Å². The van der Waals surface area contributed by atoms with Crippen LogP contribution in [0.15, 0.2) is 47.6 Å². The first-order chi connectivity index (χ1) is 16.4. The number of carbonyl (C=O) groups excluding carboxylic acids is 3. The van der Waals surface area contributed by atoms with Crippen LogP contribution in [0.1, 0.15) is 48.5 Å². The van der Waals surface area contributed by atoms with Gasteiger partial charge in [0.05, 0.1) is 19.4 Å². The number of nitrogens with one attached hydrogen (secondary N) is 1. The first-order valence-electron chi connectivity index (χ1n) is 11.1. The summed E-state index contributed by atoms with van der Waals surface area (Å²) in [7, 11) is 3.17. The molecule has 0 atom stereocenters. The van der Waals surface area contributed by atoms with Crippen molar-refractivity contribution in [3.63, 3.8) is 0 Å². The van der Waals surface area contributed by atoms with Crippen LogP contribution in [0.25, 0.3) is 0 Å². The number of esters is 1. The van der Waals surface area contributed by atoms with Crippen molar-refractivity contribution in [3.05, 3.63) is 53.6 Å². The first-order valence-corrected chi connectivity index (χ1v) is 11.1. The summed E-state index contributed by atoms with van der Waals surface area (Å²) in [4.78, 5) is 35.2. The zero-order valence-corrected chi connectivity index (χ0v) is 19.6. The Labute approximate surface area is 198 Å². The molecule has 1 N–H and O–H groups in total. The molecule has 180 valence electrons. The number of methoxy groups -OCH3 is 1. The number of nitrogens with zero attached hydrogens (tertiary/aromatic N) is 2. The van der Waals surface area contributed by atoms with Gasteiger partial charge in [0.1, 0.15) is 0 Å². The van der Waals surface area contributed by atoms with Crippen LogP contribution in [-0.4, -0.2) is 55.9 Å². The summed E-state index contributed by atoms with van der Waals surface area (Å²) in [6, 6.07) is 11.9. The van der Waals surface area contributed by atoms with Gasteiger partial charge >= 0.3 is 5.97 Å². The number of amides is 2. The second-order valence-corrected chi connectivity index (χ2v) is 7.91. The predicted octanol–water partition coefficient (Wildman–Crippen LogP) is 3.62. The number of hydrogen-bond acceptors (Lipinski definition) is 7. The Hall–Kier alpha value is -3.88. The average Bonchev–Trinajstić information content (AvgIpc) is 3.34. The van der Waals surface area contributed by atoms with E-state index in [-0.39, 0.29) is 18.6 Å². The Morgan fingerprint density at radius 3 is 2.44 bits per heavy atom. The second-order valence-electron chi connectivity index (χ2n) is 7.91. The molecule has 2 amide bonds. The fraction of sp³-hybridized carbons (Fsp3) is 0.360. The maximum atomic E-state index is 12.7. The molecule has 1 aliphatic rings. The fourth-order valence-electron chi connectivity index (χ4n) is 3.50. The van der Waals surface area contributed by atoms with Crippen LogP contribution in [-0.2, 0) is 14.3 Å². The molecule has 34 heavy (non-hydrogen) atoms. The van der Waals surface area contributed by atoms with E-state index in [0.717, 1.165) is 18.4 Å². The van der Waals surface area contributed by atoms with Gasteiger partial charge in [-0.05, 0) is 73.7 Å². The topological polar surface area (TPSA) is 107 Å². The number of benzene rings is 2. The third-order valence-electron chi connectivity index (χ3n) is 5.28. The molecule has 0 spiro atoms. The normalized spacial score (nSPS) is 13.5. The number of hydrogen-bond donors (Lipinski definition) is 1. The smallest absolute Gasteiger partial charge is 0.303 e. The highest BCUT2D eigenvalue weighted by Crippen LogP contribution is 2.32. The Kier molecular flexibility index (Phi) is 8.61. The van der Waals surface area contributed by atoms with Crippen molar-refractivity contribution in [2.45, 2.75) is 38.7 Å². The Morgan fingerprint density at radius 2 is 1.79 bits per heavy atom. The molecule has 0 heterocycles. The summed E-state index contributed by atoms with van der Waals surface area (Å²) in [6.07, 6.45) is 6.19. The van der Waals surface area contributed by atoms with Gasteiger partial charge in [0, 0.05) is 25.2 Å². The molecular formula is C25H29N3O6. The fourth-order valence-corrected chi connectivity index (χ4v) is 3.50. The van der Waals surface area contributed by atoms with Gasteiger partial charge in [0.25, 0.3) is 11.8 Å². The third-order valence-corrected chi connectivity index (χ3v) is 5.28. The summed E-state index contributed by atoms with van der Waals surface area (Å²) in [6.45, 7) is 0.858. The number of anilines is 1. The van der Waals surface area contributed by atoms with E-state index in [0.29, 0.717) is 22.7 Å². The molecule has 0 unspecified atom stereocenters. The molecule has 9 nitrogen and oxygen atoms in total. The van der Waals surface area contributed by atoms with E-state index >= 15 is 0 Å². The zero-order valence-electron chi connectivity index (χ0n) is 19.6. The molecular weight excluding hydrogens is 438 g/mol. The van der Waals surface area contributed by atoms with Crippen LogP contribution in [0.3, 0.4) is 0 Å². The van der Waals surface area contributed by atoms with E-state index in [1.54, 1.807) is 44.6 Å². The van der Waals surface area contributed by atoms with E-state index in [2.05, 4.69) is 15.2 Å². The average molecular weight is 468 g/mol. The summed E-state index contributed by atoms with van der Waals surface area (Å²) >= 11 is 0. The highest BCUT2D eigenvalue weighted by atomic mass is 16.5. The van der Waals surface area contributed by atoms with Crippen molar-refractivity contribution in [1.82, 2.24) is 5.01 Å². The van der Waals surface area contributed by atoms with Gasteiger partial charge in [-0.25, -0.2) is 5.01 Å². The number of ether oxygens (including phenoxy) is 3. The summed E-state index contributed by atoms with van der Waals surface area (Å²) in [5.74, 6) is 0.0100. The Morgan fingerprint density at radius 1 is 1.09 bits per heavy atom. The van der Waals surface area contributed by atoms with Gasteiger partial charge in [-0.15, -0.1) is 0 Å². The maximum absolute atomic E-state index is 12.7. The third kappa shape index (κ3) is 7.06. The largest absolute Gasteiger partial charge is 0.493 e. The van der Waals surface area contributed by atoms with Crippen LogP contribution in [0.2, 0.25) is 0 Å². The highest BCUT2D eigenvalue weighted by Gasteiger charge is 2.18. The van der Waals surface area contributed by atoms with Gasteiger partial charge in [-0.2, -0.15) is 5.10 Å². The van der Waals surface area contributed by atoms with Crippen LogP contribution < -0.4 is 14.8 Å². The van der Waals surface area contributed by atoms with Crippen molar-refractivity contribution in [2.75, 3.05) is 26.1 Å². The molecule has 0 radical (unpaired) electrons. The van der Waals surface area contributed by atoms with E-state index < -0.39 is 11.9 Å². The first kappa shape index (κ1) is 24.8. The number of carbonyl (C=O) groups is 3. The van der Waals surface area contributed by atoms with Gasteiger partial charge in [0.15, 0.2) is 18.1 Å². The minimum atomic E-state index is -0.535. The van der Waals surface area contributed by atoms with Crippen LogP contribution in [0.4, 0.5) is 5.69 Å². The quantitative estimate of drug-likeness (QED) is 0.343. The van der Waals surface area contributed by atoms with Crippen molar-refractivity contribution in [3.8, 4) is 11.5 Å². The van der Waals surface area contributed by atoms with E-state index in [9.17, 15) is 14.4 Å². The molecule has 1 aliphatic carbocycles. The SMILES string of the molecule is COc1ccc(/C=N/N(C)C(=O)c2ccc(NC(=O)COC(C)=O)cc2)cc1OC1CCCC1. The molecule has 1 fully saturated rings. The highest BCUT2D eigenvalue weighted by molar-refractivity contribution is 5.96. The molecule has 0 bridgehead atoms. The molecule has 9 heteroatoms. The Balaban J connectivity index is 1.60.